The van der Waals surface area contributed by atoms with Gasteiger partial charge in [-0.05, 0) is 67.1 Å². The van der Waals surface area contributed by atoms with Crippen LogP contribution in [0.4, 0.5) is 0 Å². The molecule has 6 nitrogen and oxygen atoms in total. The highest BCUT2D eigenvalue weighted by atomic mass is 16.6. The summed E-state index contributed by atoms with van der Waals surface area (Å²) in [5, 5.41) is 17.7. The summed E-state index contributed by atoms with van der Waals surface area (Å²) < 4.78 is 11.5. The Kier molecular flexibility index (Phi) is 5.12. The Morgan fingerprint density at radius 3 is 3.00 bits per heavy atom. The number of hydrogen-bond donors (Lipinski definition) is 2. The van der Waals surface area contributed by atoms with Gasteiger partial charge in [0.1, 0.15) is 6.61 Å². The molecule has 0 spiro atoms. The number of aromatic nitrogens is 2. The number of likely N-dealkylation sites (tertiary alicyclic amines) is 1. The number of hydrogen-bond acceptors (Lipinski definition) is 5. The molecule has 3 aromatic rings. The number of H-pyrrole nitrogens is 1. The van der Waals surface area contributed by atoms with Crippen LogP contribution in [-0.2, 0) is 13.0 Å². The summed E-state index contributed by atoms with van der Waals surface area (Å²) in [7, 11) is 0. The van der Waals surface area contributed by atoms with Crippen molar-refractivity contribution in [2.75, 3.05) is 26.3 Å². The van der Waals surface area contributed by atoms with Gasteiger partial charge in [0.15, 0.2) is 17.6 Å². The first-order valence-corrected chi connectivity index (χ1v) is 10.4. The van der Waals surface area contributed by atoms with Gasteiger partial charge in [0, 0.05) is 18.5 Å². The van der Waals surface area contributed by atoms with E-state index >= 15 is 0 Å². The molecule has 29 heavy (non-hydrogen) atoms. The lowest BCUT2D eigenvalue weighted by atomic mass is 9.90. The van der Waals surface area contributed by atoms with Gasteiger partial charge in [-0.2, -0.15) is 5.10 Å². The van der Waals surface area contributed by atoms with Crippen LogP contribution in [0, 0.1) is 5.92 Å². The van der Waals surface area contributed by atoms with Crippen LogP contribution in [0.3, 0.4) is 0 Å². The lowest BCUT2D eigenvalue weighted by molar-refractivity contribution is 0.0454. The van der Waals surface area contributed by atoms with Crippen molar-refractivity contribution in [3.63, 3.8) is 0 Å². The first-order valence-electron chi connectivity index (χ1n) is 10.4. The number of aliphatic hydroxyl groups is 1. The molecule has 5 rings (SSSR count). The van der Waals surface area contributed by atoms with E-state index in [9.17, 15) is 5.11 Å². The molecule has 1 unspecified atom stereocenters. The minimum absolute atomic E-state index is 0.0257. The number of fused-ring (bicyclic) bond motifs is 2. The Morgan fingerprint density at radius 2 is 2.07 bits per heavy atom. The summed E-state index contributed by atoms with van der Waals surface area (Å²) in [6, 6.07) is 12.8. The zero-order valence-electron chi connectivity index (χ0n) is 16.5. The first kappa shape index (κ1) is 18.5. The molecule has 2 N–H and O–H groups in total. The van der Waals surface area contributed by atoms with E-state index in [1.54, 1.807) is 0 Å². The Hall–Kier alpha value is -2.57. The second-order valence-electron chi connectivity index (χ2n) is 8.25. The topological polar surface area (TPSA) is 70.6 Å². The van der Waals surface area contributed by atoms with E-state index in [2.05, 4.69) is 45.4 Å². The van der Waals surface area contributed by atoms with Gasteiger partial charge >= 0.3 is 0 Å². The second-order valence-corrected chi connectivity index (χ2v) is 8.25. The number of rotatable bonds is 5. The SMILES string of the molecule is OCC1COc2ccc(CN3CCC[C@@H](Cc4ccc5[nH]ncc5c4)C3)cc2O1. The van der Waals surface area contributed by atoms with Crippen molar-refractivity contribution in [1.82, 2.24) is 15.1 Å². The lowest BCUT2D eigenvalue weighted by Crippen LogP contribution is -2.36. The third kappa shape index (κ3) is 4.09. The molecule has 2 aliphatic rings. The number of aliphatic hydroxyl groups excluding tert-OH is 1. The molecular weight excluding hydrogens is 366 g/mol. The largest absolute Gasteiger partial charge is 0.486 e. The van der Waals surface area contributed by atoms with Crippen LogP contribution in [0.1, 0.15) is 24.0 Å². The van der Waals surface area contributed by atoms with Crippen molar-refractivity contribution < 1.29 is 14.6 Å². The van der Waals surface area contributed by atoms with Crippen LogP contribution in [0.15, 0.2) is 42.6 Å². The van der Waals surface area contributed by atoms with Crippen molar-refractivity contribution in [3.8, 4) is 11.5 Å². The van der Waals surface area contributed by atoms with Gasteiger partial charge in [-0.15, -0.1) is 0 Å². The third-order valence-electron chi connectivity index (χ3n) is 5.97. The average molecular weight is 393 g/mol. The fourth-order valence-corrected chi connectivity index (χ4v) is 4.52. The molecule has 1 saturated heterocycles. The van der Waals surface area contributed by atoms with Gasteiger partial charge in [-0.3, -0.25) is 10.00 Å². The standard InChI is InChI=1S/C23H27N3O3/c27-14-20-15-28-22-6-4-18(10-23(22)29-20)13-26-7-1-2-17(12-26)8-16-3-5-21-19(9-16)11-24-25-21/h3-6,9-11,17,20,27H,1-2,7-8,12-15H2,(H,24,25)/t17-,20?/m0/s1. The van der Waals surface area contributed by atoms with Crippen LogP contribution >= 0.6 is 0 Å². The van der Waals surface area contributed by atoms with Crippen molar-refractivity contribution in [3.05, 3.63) is 53.7 Å². The summed E-state index contributed by atoms with van der Waals surface area (Å²) in [4.78, 5) is 2.54. The van der Waals surface area contributed by atoms with Crippen LogP contribution < -0.4 is 9.47 Å². The number of nitrogens with one attached hydrogen (secondary N) is 1. The quantitative estimate of drug-likeness (QED) is 0.697. The minimum atomic E-state index is -0.273. The molecule has 152 valence electrons. The fraction of sp³-hybridized carbons (Fsp3) is 0.435. The maximum Gasteiger partial charge on any atom is 0.162 e. The highest BCUT2D eigenvalue weighted by Gasteiger charge is 2.23. The molecule has 2 atom stereocenters. The number of piperidine rings is 1. The molecule has 0 radical (unpaired) electrons. The van der Waals surface area contributed by atoms with Gasteiger partial charge < -0.3 is 14.6 Å². The Morgan fingerprint density at radius 1 is 1.14 bits per heavy atom. The monoisotopic (exact) mass is 393 g/mol. The molecule has 3 heterocycles. The summed E-state index contributed by atoms with van der Waals surface area (Å²) in [5.74, 6) is 2.18. The zero-order chi connectivity index (χ0) is 19.6. The maximum absolute atomic E-state index is 9.32. The van der Waals surface area contributed by atoms with Gasteiger partial charge in [-0.1, -0.05) is 12.1 Å². The molecule has 2 aromatic carbocycles. The summed E-state index contributed by atoms with van der Waals surface area (Å²) in [6.07, 6.45) is 5.24. The number of nitrogens with zero attached hydrogens (tertiary/aromatic N) is 2. The Bertz CT molecular complexity index is 986. The van der Waals surface area contributed by atoms with Gasteiger partial charge in [0.2, 0.25) is 0 Å². The second kappa shape index (κ2) is 8.05. The normalized spacial score (nSPS) is 22.1. The number of benzene rings is 2. The van der Waals surface area contributed by atoms with Gasteiger partial charge in [0.05, 0.1) is 18.3 Å². The van der Waals surface area contributed by atoms with E-state index in [1.807, 2.05) is 12.3 Å². The molecule has 6 heteroatoms. The Labute approximate surface area is 170 Å². The molecule has 0 amide bonds. The van der Waals surface area contributed by atoms with E-state index < -0.39 is 0 Å². The summed E-state index contributed by atoms with van der Waals surface area (Å²) in [5.41, 5.74) is 3.72. The molecule has 1 aromatic heterocycles. The van der Waals surface area contributed by atoms with Crippen molar-refractivity contribution >= 4 is 10.9 Å². The third-order valence-corrected chi connectivity index (χ3v) is 5.97. The molecular formula is C23H27N3O3. The summed E-state index contributed by atoms with van der Waals surface area (Å²) in [6.45, 7) is 3.53. The van der Waals surface area contributed by atoms with Crippen LogP contribution in [0.25, 0.3) is 10.9 Å². The first-order chi connectivity index (χ1) is 14.3. The van der Waals surface area contributed by atoms with E-state index in [0.717, 1.165) is 43.1 Å². The fourth-order valence-electron chi connectivity index (χ4n) is 4.52. The van der Waals surface area contributed by atoms with Crippen LogP contribution in [-0.4, -0.2) is 52.6 Å². The highest BCUT2D eigenvalue weighted by Crippen LogP contribution is 2.33. The molecule has 2 aliphatic heterocycles. The molecule has 1 fully saturated rings. The predicted octanol–water partition coefficient (Wildman–Crippen LogP) is 3.15. The van der Waals surface area contributed by atoms with Crippen molar-refractivity contribution in [1.29, 1.82) is 0 Å². The molecule has 0 bridgehead atoms. The zero-order valence-corrected chi connectivity index (χ0v) is 16.5. The van der Waals surface area contributed by atoms with E-state index in [4.69, 9.17) is 9.47 Å². The van der Waals surface area contributed by atoms with Crippen molar-refractivity contribution in [2.45, 2.75) is 31.9 Å². The minimum Gasteiger partial charge on any atom is -0.486 e. The predicted molar refractivity (Wildman–Crippen MR) is 111 cm³/mol. The number of aromatic amines is 1. The average Bonchev–Trinajstić information content (AvgIpc) is 3.21. The number of ether oxygens (including phenoxy) is 2. The van der Waals surface area contributed by atoms with Crippen molar-refractivity contribution in [2.24, 2.45) is 5.92 Å². The van der Waals surface area contributed by atoms with E-state index in [-0.39, 0.29) is 12.7 Å². The van der Waals surface area contributed by atoms with Crippen LogP contribution in [0.5, 0.6) is 11.5 Å². The summed E-state index contributed by atoms with van der Waals surface area (Å²) >= 11 is 0. The molecule has 0 saturated carbocycles. The van der Waals surface area contributed by atoms with Gasteiger partial charge in [0.25, 0.3) is 0 Å². The highest BCUT2D eigenvalue weighted by molar-refractivity contribution is 5.78. The van der Waals surface area contributed by atoms with Crippen LogP contribution in [0.2, 0.25) is 0 Å². The smallest absolute Gasteiger partial charge is 0.162 e. The molecule has 0 aliphatic carbocycles. The van der Waals surface area contributed by atoms with E-state index in [1.165, 1.54) is 29.4 Å². The Balaban J connectivity index is 1.23. The van der Waals surface area contributed by atoms with Gasteiger partial charge in [-0.25, -0.2) is 0 Å². The lowest BCUT2D eigenvalue weighted by Gasteiger charge is -2.33. The van der Waals surface area contributed by atoms with E-state index in [0.29, 0.717) is 12.5 Å². The maximum atomic E-state index is 9.32.